The first-order valence-corrected chi connectivity index (χ1v) is 6.51. The Morgan fingerprint density at radius 2 is 2.32 bits per heavy atom. The molecular weight excluding hydrogens is 244 g/mol. The van der Waals surface area contributed by atoms with Crippen LogP contribution in [-0.2, 0) is 4.79 Å². The summed E-state index contributed by atoms with van der Waals surface area (Å²) in [5.74, 6) is 0.794. The number of aliphatic hydroxyl groups is 1. The number of carbonyl (C=O) groups is 1. The van der Waals surface area contributed by atoms with Crippen molar-refractivity contribution >= 4 is 11.6 Å². The van der Waals surface area contributed by atoms with Gasteiger partial charge in [-0.1, -0.05) is 13.0 Å². The third-order valence-electron chi connectivity index (χ3n) is 3.29. The standard InChI is InChI=1S/C14H20N2O3/c1-3-13(14(18)16-8-11(17)9-16)15-10-5-4-6-12(7-10)19-2/h4-7,11,13,15,17H,3,8-9H2,1-2H3. The summed E-state index contributed by atoms with van der Waals surface area (Å²) in [6.07, 6.45) is 0.334. The van der Waals surface area contributed by atoms with Gasteiger partial charge in [-0.3, -0.25) is 4.79 Å². The molecule has 1 unspecified atom stereocenters. The monoisotopic (exact) mass is 264 g/mol. The van der Waals surface area contributed by atoms with Crippen LogP contribution in [0.15, 0.2) is 24.3 Å². The van der Waals surface area contributed by atoms with Gasteiger partial charge in [0.05, 0.1) is 13.2 Å². The van der Waals surface area contributed by atoms with E-state index in [1.807, 2.05) is 31.2 Å². The predicted octanol–water partition coefficient (Wildman–Crippen LogP) is 1.09. The summed E-state index contributed by atoms with van der Waals surface area (Å²) >= 11 is 0. The highest BCUT2D eigenvalue weighted by molar-refractivity contribution is 5.85. The number of benzene rings is 1. The van der Waals surface area contributed by atoms with Crippen LogP contribution >= 0.6 is 0 Å². The van der Waals surface area contributed by atoms with Gasteiger partial charge in [-0.05, 0) is 18.6 Å². The highest BCUT2D eigenvalue weighted by Crippen LogP contribution is 2.19. The molecule has 1 aliphatic heterocycles. The van der Waals surface area contributed by atoms with Crippen LogP contribution in [0.3, 0.4) is 0 Å². The van der Waals surface area contributed by atoms with Gasteiger partial charge in [0.2, 0.25) is 5.91 Å². The summed E-state index contributed by atoms with van der Waals surface area (Å²) in [6, 6.07) is 7.25. The zero-order valence-electron chi connectivity index (χ0n) is 11.3. The Morgan fingerprint density at radius 1 is 1.58 bits per heavy atom. The Kier molecular flexibility index (Phi) is 4.27. The zero-order chi connectivity index (χ0) is 13.8. The van der Waals surface area contributed by atoms with Gasteiger partial charge in [0.15, 0.2) is 0 Å². The predicted molar refractivity (Wildman–Crippen MR) is 73.3 cm³/mol. The molecule has 104 valence electrons. The Hall–Kier alpha value is -1.75. The minimum Gasteiger partial charge on any atom is -0.497 e. The third kappa shape index (κ3) is 3.17. The van der Waals surface area contributed by atoms with Crippen LogP contribution < -0.4 is 10.1 Å². The number of hydrogen-bond donors (Lipinski definition) is 2. The van der Waals surface area contributed by atoms with E-state index in [-0.39, 0.29) is 18.1 Å². The molecule has 1 atom stereocenters. The molecule has 0 aliphatic carbocycles. The average Bonchev–Trinajstić information content (AvgIpc) is 2.40. The molecule has 1 aromatic carbocycles. The summed E-state index contributed by atoms with van der Waals surface area (Å²) in [7, 11) is 1.61. The van der Waals surface area contributed by atoms with E-state index >= 15 is 0 Å². The van der Waals surface area contributed by atoms with Crippen molar-refractivity contribution in [3.8, 4) is 5.75 Å². The molecule has 0 bridgehead atoms. The number of amides is 1. The average molecular weight is 264 g/mol. The second kappa shape index (κ2) is 5.93. The molecule has 1 aromatic rings. The van der Waals surface area contributed by atoms with E-state index in [0.717, 1.165) is 11.4 Å². The number of anilines is 1. The lowest BCUT2D eigenvalue weighted by atomic mass is 10.1. The van der Waals surface area contributed by atoms with E-state index in [1.165, 1.54) is 0 Å². The fourth-order valence-corrected chi connectivity index (χ4v) is 2.11. The molecule has 1 aliphatic rings. The van der Waals surface area contributed by atoms with Gasteiger partial charge in [0.1, 0.15) is 11.8 Å². The summed E-state index contributed by atoms with van der Waals surface area (Å²) in [5.41, 5.74) is 0.862. The Labute approximate surface area is 113 Å². The fourth-order valence-electron chi connectivity index (χ4n) is 2.11. The molecule has 1 amide bonds. The Bertz CT molecular complexity index is 444. The molecule has 1 fully saturated rings. The number of nitrogens with one attached hydrogen (secondary N) is 1. The first-order chi connectivity index (χ1) is 9.13. The molecule has 0 spiro atoms. The smallest absolute Gasteiger partial charge is 0.245 e. The van der Waals surface area contributed by atoms with E-state index in [9.17, 15) is 9.90 Å². The van der Waals surface area contributed by atoms with Crippen molar-refractivity contribution in [3.63, 3.8) is 0 Å². The quantitative estimate of drug-likeness (QED) is 0.835. The summed E-state index contributed by atoms with van der Waals surface area (Å²) < 4.78 is 5.16. The number of nitrogens with zero attached hydrogens (tertiary/aromatic N) is 1. The van der Waals surface area contributed by atoms with Crippen LogP contribution in [0.2, 0.25) is 0 Å². The molecule has 2 N–H and O–H groups in total. The maximum Gasteiger partial charge on any atom is 0.245 e. The molecular formula is C14H20N2O3. The van der Waals surface area contributed by atoms with Gasteiger partial charge in [-0.15, -0.1) is 0 Å². The van der Waals surface area contributed by atoms with Crippen LogP contribution in [0, 0.1) is 0 Å². The van der Waals surface area contributed by atoms with Crippen molar-refractivity contribution in [3.05, 3.63) is 24.3 Å². The van der Waals surface area contributed by atoms with Crippen LogP contribution in [0.5, 0.6) is 5.75 Å². The number of β-amino-alcohol motifs (C(OH)–C–C–N with tert-alkyl or cyclic N) is 1. The SMILES string of the molecule is CCC(Nc1cccc(OC)c1)C(=O)N1CC(O)C1. The van der Waals surface area contributed by atoms with Gasteiger partial charge in [-0.25, -0.2) is 0 Å². The number of methoxy groups -OCH3 is 1. The highest BCUT2D eigenvalue weighted by atomic mass is 16.5. The van der Waals surface area contributed by atoms with Crippen molar-refractivity contribution in [2.24, 2.45) is 0 Å². The number of rotatable bonds is 5. The number of aliphatic hydroxyl groups excluding tert-OH is 1. The van der Waals surface area contributed by atoms with Crippen molar-refractivity contribution in [1.82, 2.24) is 4.90 Å². The van der Waals surface area contributed by atoms with E-state index < -0.39 is 0 Å². The molecule has 1 saturated heterocycles. The molecule has 1 heterocycles. The number of ether oxygens (including phenoxy) is 1. The maximum atomic E-state index is 12.2. The fraction of sp³-hybridized carbons (Fsp3) is 0.500. The Morgan fingerprint density at radius 3 is 2.89 bits per heavy atom. The second-order valence-electron chi connectivity index (χ2n) is 4.73. The lowest BCUT2D eigenvalue weighted by molar-refractivity contribution is -0.142. The number of likely N-dealkylation sites (tertiary alicyclic amines) is 1. The van der Waals surface area contributed by atoms with Crippen LogP contribution in [0.25, 0.3) is 0 Å². The second-order valence-corrected chi connectivity index (χ2v) is 4.73. The zero-order valence-corrected chi connectivity index (χ0v) is 11.3. The van der Waals surface area contributed by atoms with Gasteiger partial charge in [0.25, 0.3) is 0 Å². The lowest BCUT2D eigenvalue weighted by Gasteiger charge is -2.38. The van der Waals surface area contributed by atoms with E-state index in [4.69, 9.17) is 4.74 Å². The molecule has 5 nitrogen and oxygen atoms in total. The maximum absolute atomic E-state index is 12.2. The van der Waals surface area contributed by atoms with Crippen LogP contribution in [0.4, 0.5) is 5.69 Å². The molecule has 0 saturated carbocycles. The minimum absolute atomic E-state index is 0.0376. The molecule has 2 rings (SSSR count). The molecule has 5 heteroatoms. The van der Waals surface area contributed by atoms with Crippen molar-refractivity contribution in [1.29, 1.82) is 0 Å². The van der Waals surface area contributed by atoms with Crippen LogP contribution in [0.1, 0.15) is 13.3 Å². The highest BCUT2D eigenvalue weighted by Gasteiger charge is 2.32. The molecule has 0 radical (unpaired) electrons. The number of hydrogen-bond acceptors (Lipinski definition) is 4. The summed E-state index contributed by atoms with van der Waals surface area (Å²) in [4.78, 5) is 13.9. The van der Waals surface area contributed by atoms with Gasteiger partial charge in [-0.2, -0.15) is 0 Å². The largest absolute Gasteiger partial charge is 0.497 e. The van der Waals surface area contributed by atoms with Gasteiger partial charge < -0.3 is 20.1 Å². The third-order valence-corrected chi connectivity index (χ3v) is 3.29. The molecule has 0 aromatic heterocycles. The van der Waals surface area contributed by atoms with E-state index in [2.05, 4.69) is 5.32 Å². The van der Waals surface area contributed by atoms with E-state index in [1.54, 1.807) is 12.0 Å². The van der Waals surface area contributed by atoms with Gasteiger partial charge >= 0.3 is 0 Å². The van der Waals surface area contributed by atoms with Crippen LogP contribution in [-0.4, -0.2) is 48.3 Å². The normalized spacial score (nSPS) is 16.7. The summed E-state index contributed by atoms with van der Waals surface area (Å²) in [6.45, 7) is 2.84. The Balaban J connectivity index is 1.99. The van der Waals surface area contributed by atoms with Crippen molar-refractivity contribution in [2.45, 2.75) is 25.5 Å². The molecule has 19 heavy (non-hydrogen) atoms. The lowest BCUT2D eigenvalue weighted by Crippen LogP contribution is -2.57. The number of carbonyl (C=O) groups excluding carboxylic acids is 1. The first kappa shape index (κ1) is 13.7. The van der Waals surface area contributed by atoms with Gasteiger partial charge in [0, 0.05) is 24.8 Å². The minimum atomic E-state index is -0.363. The topological polar surface area (TPSA) is 61.8 Å². The van der Waals surface area contributed by atoms with Crippen molar-refractivity contribution < 1.29 is 14.6 Å². The van der Waals surface area contributed by atoms with E-state index in [0.29, 0.717) is 19.5 Å². The first-order valence-electron chi connectivity index (χ1n) is 6.51. The van der Waals surface area contributed by atoms with Crippen molar-refractivity contribution in [2.75, 3.05) is 25.5 Å². The summed E-state index contributed by atoms with van der Waals surface area (Å²) in [5, 5.41) is 12.5.